The van der Waals surface area contributed by atoms with Crippen LogP contribution in [-0.2, 0) is 19.2 Å². The van der Waals surface area contributed by atoms with Crippen molar-refractivity contribution in [2.75, 3.05) is 0 Å². The van der Waals surface area contributed by atoms with Crippen LogP contribution >= 0.6 is 15.8 Å². The third kappa shape index (κ3) is 5.85. The van der Waals surface area contributed by atoms with Crippen molar-refractivity contribution in [3.05, 3.63) is 168 Å². The number of carbonyl (C=O) groups is 4. The summed E-state index contributed by atoms with van der Waals surface area (Å²) < 4.78 is 0. The molecule has 4 saturated heterocycles. The number of rotatable bonds is 6. The zero-order chi connectivity index (χ0) is 40.5. The largest absolute Gasteiger partial charge is 0.273 e. The normalized spacial score (nSPS) is 29.3. The number of hydrogen-bond donors (Lipinski definition) is 0. The van der Waals surface area contributed by atoms with Crippen molar-refractivity contribution in [3.8, 4) is 0 Å². The van der Waals surface area contributed by atoms with E-state index in [1.807, 2.05) is 92.8 Å². The Balaban J connectivity index is 1.17. The maximum Gasteiger partial charge on any atom is 0.246 e. The Kier molecular flexibility index (Phi) is 9.70. The number of carbonyl (C=O) groups excluding carboxylic acids is 4. The summed E-state index contributed by atoms with van der Waals surface area (Å²) in [4.78, 5) is 60.7. The van der Waals surface area contributed by atoms with Crippen LogP contribution in [0.1, 0.15) is 96.8 Å². The van der Waals surface area contributed by atoms with Crippen LogP contribution in [-0.4, -0.2) is 43.7 Å². The van der Waals surface area contributed by atoms with Crippen LogP contribution in [0.15, 0.2) is 146 Å². The molecule has 6 aliphatic rings. The second-order valence-corrected chi connectivity index (χ2v) is 21.7. The van der Waals surface area contributed by atoms with E-state index in [4.69, 9.17) is 0 Å². The number of fused-ring (bicyclic) bond motifs is 4. The standard InChI is InChI=1S/C50H48N4O4P2/c55-43-37-27-13-14-28-38(37)44(56)52-48(34-21-7-2-8-22-34)59(47(51(43)52)33-19-5-1-6-20-33)41-31-17-18-32-42(41)60-49(35-23-9-3-10-24-35)53-45(57)39-29-15-16-30-40(39)46(58)54(53)50(60)36-25-11-4-12-26-36/h1-12,17-26,31-32,37-40,47-50H,13-16,27-30H2/t37-,38-,39-,40-,47-,48-,49-,50-/m1/s1. The van der Waals surface area contributed by atoms with Crippen molar-refractivity contribution in [2.45, 2.75) is 74.5 Å². The fourth-order valence-electron chi connectivity index (χ4n) is 11.4. The van der Waals surface area contributed by atoms with Crippen LogP contribution in [0.2, 0.25) is 0 Å². The van der Waals surface area contributed by atoms with Crippen molar-refractivity contribution in [1.82, 2.24) is 20.0 Å². The highest BCUT2D eigenvalue weighted by molar-refractivity contribution is 7.72. The summed E-state index contributed by atoms with van der Waals surface area (Å²) in [5, 5.41) is 9.78. The van der Waals surface area contributed by atoms with E-state index in [1.54, 1.807) is 0 Å². The predicted octanol–water partition coefficient (Wildman–Crippen LogP) is 9.51. The molecule has 0 aromatic heterocycles. The van der Waals surface area contributed by atoms with E-state index >= 15 is 19.2 Å². The molecule has 8 nitrogen and oxygen atoms in total. The summed E-state index contributed by atoms with van der Waals surface area (Å²) in [6, 6.07) is 49.9. The minimum Gasteiger partial charge on any atom is -0.273 e. The third-order valence-corrected chi connectivity index (χ3v) is 20.2. The summed E-state index contributed by atoms with van der Waals surface area (Å²) in [6.45, 7) is 0. The summed E-state index contributed by atoms with van der Waals surface area (Å²) in [6.07, 6.45) is 6.69. The summed E-state index contributed by atoms with van der Waals surface area (Å²) in [7, 11) is -2.80. The Morgan fingerprint density at radius 3 is 0.767 bits per heavy atom. The lowest BCUT2D eigenvalue weighted by atomic mass is 9.76. The van der Waals surface area contributed by atoms with Gasteiger partial charge in [-0.15, -0.1) is 0 Å². The van der Waals surface area contributed by atoms with Gasteiger partial charge in [-0.25, -0.2) is 20.0 Å². The Morgan fingerprint density at radius 1 is 0.317 bits per heavy atom. The topological polar surface area (TPSA) is 81.2 Å². The SMILES string of the molecule is O=C1[C@@H]2CCCC[C@H]2C(=O)N2[C@@H](c3ccccc3)P(c3ccccc3P3[C@H](c4ccccc4)N4C(=O)[C@@H]5CCCC[C@H]5C(=O)N4[C@H]3c3ccccc3)[C@H](c3ccccc3)N12. The molecular weight excluding hydrogens is 783 g/mol. The van der Waals surface area contributed by atoms with Gasteiger partial charge in [0.25, 0.3) is 0 Å². The smallest absolute Gasteiger partial charge is 0.246 e. The minimum absolute atomic E-state index is 0.0505. The lowest BCUT2D eigenvalue weighted by Gasteiger charge is -2.46. The molecule has 0 spiro atoms. The maximum absolute atomic E-state index is 15.2. The summed E-state index contributed by atoms with van der Waals surface area (Å²) in [5.74, 6) is -2.77. The molecule has 0 radical (unpaired) electrons. The minimum atomic E-state index is -1.40. The number of benzene rings is 5. The van der Waals surface area contributed by atoms with Crippen molar-refractivity contribution < 1.29 is 19.2 Å². The Morgan fingerprint density at radius 2 is 0.533 bits per heavy atom. The molecule has 302 valence electrons. The van der Waals surface area contributed by atoms with Crippen LogP contribution in [0.4, 0.5) is 0 Å². The second kappa shape index (κ2) is 15.4. The van der Waals surface area contributed by atoms with Gasteiger partial charge in [0.15, 0.2) is 0 Å². The van der Waals surface area contributed by atoms with E-state index in [0.717, 1.165) is 84.2 Å². The van der Waals surface area contributed by atoms with Crippen molar-refractivity contribution in [1.29, 1.82) is 0 Å². The van der Waals surface area contributed by atoms with Gasteiger partial charge in [-0.05, 0) is 74.4 Å². The molecule has 11 rings (SSSR count). The molecule has 0 bridgehead atoms. The monoisotopic (exact) mass is 830 g/mol. The molecule has 60 heavy (non-hydrogen) atoms. The van der Waals surface area contributed by atoms with Crippen molar-refractivity contribution in [3.63, 3.8) is 0 Å². The van der Waals surface area contributed by atoms with E-state index in [9.17, 15) is 0 Å². The first-order valence-electron chi connectivity index (χ1n) is 21.7. The highest BCUT2D eigenvalue weighted by Crippen LogP contribution is 2.74. The Labute approximate surface area is 354 Å². The highest BCUT2D eigenvalue weighted by Gasteiger charge is 2.63. The number of hydrazine groups is 2. The van der Waals surface area contributed by atoms with Gasteiger partial charge in [0.1, 0.15) is 23.1 Å². The molecule has 10 heteroatoms. The quantitative estimate of drug-likeness (QED) is 0.160. The predicted molar refractivity (Wildman–Crippen MR) is 235 cm³/mol. The lowest BCUT2D eigenvalue weighted by molar-refractivity contribution is -0.185. The average Bonchev–Trinajstić information content (AvgIpc) is 3.87. The average molecular weight is 831 g/mol. The van der Waals surface area contributed by atoms with Crippen molar-refractivity contribution >= 4 is 50.1 Å². The fourth-order valence-corrected chi connectivity index (χ4v) is 18.7. The zero-order valence-electron chi connectivity index (χ0n) is 33.4. The molecule has 0 N–H and O–H groups in total. The highest BCUT2D eigenvalue weighted by atomic mass is 31.1. The van der Waals surface area contributed by atoms with Crippen LogP contribution in [0.3, 0.4) is 0 Å². The van der Waals surface area contributed by atoms with Crippen LogP contribution in [0.5, 0.6) is 0 Å². The molecule has 8 atom stereocenters. The van der Waals surface area contributed by atoms with Gasteiger partial charge < -0.3 is 0 Å². The van der Waals surface area contributed by atoms with Crippen LogP contribution < -0.4 is 10.6 Å². The molecule has 2 aliphatic carbocycles. The lowest BCUT2D eigenvalue weighted by Crippen LogP contribution is -2.59. The first kappa shape index (κ1) is 37.8. The zero-order valence-corrected chi connectivity index (χ0v) is 35.2. The maximum atomic E-state index is 15.2. The first-order chi connectivity index (χ1) is 29.5. The number of nitrogens with zero attached hydrogens (tertiary/aromatic N) is 4. The summed E-state index contributed by atoms with van der Waals surface area (Å²) >= 11 is 0. The molecule has 5 aromatic carbocycles. The molecule has 6 fully saturated rings. The van der Waals surface area contributed by atoms with Crippen LogP contribution in [0.25, 0.3) is 0 Å². The third-order valence-electron chi connectivity index (χ3n) is 14.0. The van der Waals surface area contributed by atoms with Crippen LogP contribution in [0, 0.1) is 23.7 Å². The summed E-state index contributed by atoms with van der Waals surface area (Å²) in [5.41, 5.74) is 4.02. The fraction of sp³-hybridized carbons (Fsp3) is 0.320. The number of amides is 4. The Bertz CT molecular complexity index is 2120. The van der Waals surface area contributed by atoms with Gasteiger partial charge >= 0.3 is 0 Å². The van der Waals surface area contributed by atoms with Gasteiger partial charge in [-0.3, -0.25) is 19.2 Å². The first-order valence-corrected chi connectivity index (χ1v) is 24.7. The van der Waals surface area contributed by atoms with Crippen molar-refractivity contribution in [2.24, 2.45) is 23.7 Å². The van der Waals surface area contributed by atoms with E-state index in [2.05, 4.69) is 72.8 Å². The van der Waals surface area contributed by atoms with E-state index < -0.39 is 39.0 Å². The molecule has 4 heterocycles. The van der Waals surface area contributed by atoms with Gasteiger partial charge in [-0.2, -0.15) is 0 Å². The van der Waals surface area contributed by atoms with E-state index in [1.165, 1.54) is 0 Å². The van der Waals surface area contributed by atoms with Gasteiger partial charge in [0, 0.05) is 0 Å². The van der Waals surface area contributed by atoms with Gasteiger partial charge in [0.2, 0.25) is 23.6 Å². The molecule has 4 aliphatic heterocycles. The molecule has 5 aromatic rings. The van der Waals surface area contributed by atoms with E-state index in [-0.39, 0.29) is 47.3 Å². The van der Waals surface area contributed by atoms with Gasteiger partial charge in [0.05, 0.1) is 23.7 Å². The Hall–Kier alpha value is -5.16. The molecule has 0 unspecified atom stereocenters. The molecule has 2 saturated carbocycles. The molecule has 4 amide bonds. The van der Waals surface area contributed by atoms with Gasteiger partial charge in [-0.1, -0.05) is 171 Å². The molecular formula is C50H48N4O4P2. The second-order valence-electron chi connectivity index (χ2n) is 17.2. The number of hydrogen-bond acceptors (Lipinski definition) is 4. The van der Waals surface area contributed by atoms with E-state index in [0.29, 0.717) is 0 Å².